The maximum absolute atomic E-state index is 11.0. The molecule has 0 spiro atoms. The first-order valence-electron chi connectivity index (χ1n) is 8.38. The molecule has 1 aromatic carbocycles. The van der Waals surface area contributed by atoms with Gasteiger partial charge in [0.1, 0.15) is 0 Å². The number of hydrogen-bond donors (Lipinski definition) is 2. The van der Waals surface area contributed by atoms with Crippen molar-refractivity contribution in [2.75, 3.05) is 27.9 Å². The molecule has 2 N–H and O–H groups in total. The highest BCUT2D eigenvalue weighted by Gasteiger charge is 2.46. The fraction of sp³-hybridized carbons (Fsp3) is 0.667. The van der Waals surface area contributed by atoms with Crippen LogP contribution in [0.3, 0.4) is 0 Å². The van der Waals surface area contributed by atoms with Gasteiger partial charge in [0.05, 0.1) is 26.9 Å². The summed E-state index contributed by atoms with van der Waals surface area (Å²) in [7, 11) is 4.87. The summed E-state index contributed by atoms with van der Waals surface area (Å²) in [6, 6.07) is 4.11. The third-order valence-electron chi connectivity index (χ3n) is 5.44. The predicted molar refractivity (Wildman–Crippen MR) is 88.4 cm³/mol. The van der Waals surface area contributed by atoms with E-state index in [-0.39, 0.29) is 12.0 Å². The Bertz CT molecular complexity index is 533. The smallest absolute Gasteiger partial charge is 0.203 e. The van der Waals surface area contributed by atoms with Crippen LogP contribution in [0.15, 0.2) is 12.1 Å². The molecule has 5 heteroatoms. The van der Waals surface area contributed by atoms with Crippen molar-refractivity contribution in [3.05, 3.63) is 17.7 Å². The number of rotatable bonds is 4. The van der Waals surface area contributed by atoms with Crippen molar-refractivity contribution in [2.45, 2.75) is 43.7 Å². The van der Waals surface area contributed by atoms with Gasteiger partial charge < -0.3 is 24.6 Å². The Morgan fingerprint density at radius 2 is 1.74 bits per heavy atom. The highest BCUT2D eigenvalue weighted by atomic mass is 16.5. The molecule has 1 aromatic rings. The second-order valence-corrected chi connectivity index (χ2v) is 6.60. The van der Waals surface area contributed by atoms with Crippen molar-refractivity contribution >= 4 is 0 Å². The molecule has 0 amide bonds. The first-order chi connectivity index (χ1) is 11.1. The molecule has 3 atom stereocenters. The molecule has 2 fully saturated rings. The number of fused-ring (bicyclic) bond motifs is 1. The van der Waals surface area contributed by atoms with E-state index in [0.29, 0.717) is 17.2 Å². The van der Waals surface area contributed by atoms with Crippen LogP contribution in [-0.4, -0.2) is 38.6 Å². The summed E-state index contributed by atoms with van der Waals surface area (Å²) in [6.07, 6.45) is 5.08. The molecule has 1 aliphatic carbocycles. The Hall–Kier alpha value is -1.46. The number of piperidine rings is 1. The number of nitrogens with one attached hydrogen (secondary N) is 1. The quantitative estimate of drug-likeness (QED) is 0.893. The van der Waals surface area contributed by atoms with Crippen LogP contribution in [0.5, 0.6) is 17.2 Å². The topological polar surface area (TPSA) is 60.0 Å². The van der Waals surface area contributed by atoms with Crippen LogP contribution in [0, 0.1) is 5.92 Å². The molecule has 128 valence electrons. The van der Waals surface area contributed by atoms with Gasteiger partial charge in [-0.3, -0.25) is 0 Å². The molecular formula is C18H27NO4. The SMILES string of the molecule is COc1cc([C@@H]2NCC[C@@]3(O)CCCC[C@@H]23)cc(OC)c1OC. The van der Waals surface area contributed by atoms with Gasteiger partial charge in [0.2, 0.25) is 5.75 Å². The van der Waals surface area contributed by atoms with E-state index >= 15 is 0 Å². The summed E-state index contributed by atoms with van der Waals surface area (Å²) in [6.45, 7) is 0.828. The second-order valence-electron chi connectivity index (χ2n) is 6.60. The maximum Gasteiger partial charge on any atom is 0.203 e. The van der Waals surface area contributed by atoms with Gasteiger partial charge in [0.15, 0.2) is 11.5 Å². The van der Waals surface area contributed by atoms with Gasteiger partial charge in [-0.15, -0.1) is 0 Å². The minimum Gasteiger partial charge on any atom is -0.493 e. The second kappa shape index (κ2) is 6.57. The largest absolute Gasteiger partial charge is 0.493 e. The van der Waals surface area contributed by atoms with Crippen LogP contribution in [0.1, 0.15) is 43.7 Å². The fourth-order valence-corrected chi connectivity index (χ4v) is 4.25. The van der Waals surface area contributed by atoms with Crippen molar-refractivity contribution in [3.63, 3.8) is 0 Å². The summed E-state index contributed by atoms with van der Waals surface area (Å²) in [5, 5.41) is 14.6. The number of ether oxygens (including phenoxy) is 3. The van der Waals surface area contributed by atoms with E-state index in [1.165, 1.54) is 6.42 Å². The van der Waals surface area contributed by atoms with Crippen LogP contribution in [0.2, 0.25) is 0 Å². The highest BCUT2D eigenvalue weighted by molar-refractivity contribution is 5.54. The number of methoxy groups -OCH3 is 3. The number of aliphatic hydroxyl groups is 1. The normalized spacial score (nSPS) is 30.4. The fourth-order valence-electron chi connectivity index (χ4n) is 4.25. The van der Waals surface area contributed by atoms with E-state index in [1.54, 1.807) is 21.3 Å². The lowest BCUT2D eigenvalue weighted by Gasteiger charge is -2.48. The van der Waals surface area contributed by atoms with E-state index < -0.39 is 5.60 Å². The Kier molecular flexibility index (Phi) is 4.69. The number of hydrogen-bond acceptors (Lipinski definition) is 5. The van der Waals surface area contributed by atoms with Gasteiger partial charge in [-0.1, -0.05) is 12.8 Å². The zero-order valence-corrected chi connectivity index (χ0v) is 14.2. The molecule has 1 aliphatic heterocycles. The maximum atomic E-state index is 11.0. The molecular weight excluding hydrogens is 294 g/mol. The predicted octanol–water partition coefficient (Wildman–Crippen LogP) is 2.67. The molecule has 5 nitrogen and oxygen atoms in total. The first-order valence-corrected chi connectivity index (χ1v) is 8.38. The van der Waals surface area contributed by atoms with Gasteiger partial charge in [0.25, 0.3) is 0 Å². The summed E-state index contributed by atoms with van der Waals surface area (Å²) in [5.74, 6) is 2.16. The van der Waals surface area contributed by atoms with E-state index in [1.807, 2.05) is 12.1 Å². The van der Waals surface area contributed by atoms with Crippen molar-refractivity contribution < 1.29 is 19.3 Å². The van der Waals surface area contributed by atoms with E-state index in [0.717, 1.165) is 37.8 Å². The van der Waals surface area contributed by atoms with Crippen molar-refractivity contribution in [1.29, 1.82) is 0 Å². The molecule has 0 aromatic heterocycles. The zero-order chi connectivity index (χ0) is 16.4. The van der Waals surface area contributed by atoms with Crippen LogP contribution in [-0.2, 0) is 0 Å². The van der Waals surface area contributed by atoms with Gasteiger partial charge in [-0.05, 0) is 43.5 Å². The third kappa shape index (κ3) is 2.88. The number of benzene rings is 1. The molecule has 0 bridgehead atoms. The van der Waals surface area contributed by atoms with Gasteiger partial charge in [-0.2, -0.15) is 0 Å². The van der Waals surface area contributed by atoms with Gasteiger partial charge >= 0.3 is 0 Å². The molecule has 1 saturated carbocycles. The van der Waals surface area contributed by atoms with Crippen LogP contribution in [0.25, 0.3) is 0 Å². The first kappa shape index (κ1) is 16.4. The molecule has 1 heterocycles. The summed E-state index contributed by atoms with van der Waals surface area (Å²) in [4.78, 5) is 0. The lowest BCUT2D eigenvalue weighted by Crippen LogP contribution is -2.53. The molecule has 23 heavy (non-hydrogen) atoms. The van der Waals surface area contributed by atoms with Crippen LogP contribution in [0.4, 0.5) is 0 Å². The van der Waals surface area contributed by atoms with Crippen LogP contribution < -0.4 is 19.5 Å². The van der Waals surface area contributed by atoms with Crippen molar-refractivity contribution in [3.8, 4) is 17.2 Å². The zero-order valence-electron chi connectivity index (χ0n) is 14.2. The molecule has 0 unspecified atom stereocenters. The Morgan fingerprint density at radius 3 is 2.35 bits per heavy atom. The standard InChI is InChI=1S/C18H27NO4/c1-21-14-10-12(11-15(22-2)17(14)23-3)16-13-6-4-5-7-18(13,20)8-9-19-16/h10-11,13,16,19-20H,4-9H2,1-3H3/t13-,16-,18-/m0/s1. The Labute approximate surface area is 137 Å². The average Bonchev–Trinajstić information content (AvgIpc) is 2.59. The van der Waals surface area contributed by atoms with E-state index in [9.17, 15) is 5.11 Å². The van der Waals surface area contributed by atoms with Crippen LogP contribution >= 0.6 is 0 Å². The lowest BCUT2D eigenvalue weighted by atomic mass is 9.67. The molecule has 2 aliphatic rings. The van der Waals surface area contributed by atoms with Gasteiger partial charge in [-0.25, -0.2) is 0 Å². The minimum atomic E-state index is -0.547. The molecule has 3 rings (SSSR count). The average molecular weight is 321 g/mol. The van der Waals surface area contributed by atoms with E-state index in [4.69, 9.17) is 14.2 Å². The molecule has 0 radical (unpaired) electrons. The Balaban J connectivity index is 2.00. The van der Waals surface area contributed by atoms with E-state index in [2.05, 4.69) is 5.32 Å². The van der Waals surface area contributed by atoms with Crippen molar-refractivity contribution in [2.24, 2.45) is 5.92 Å². The third-order valence-corrected chi connectivity index (χ3v) is 5.44. The Morgan fingerprint density at radius 1 is 1.04 bits per heavy atom. The highest BCUT2D eigenvalue weighted by Crippen LogP contribution is 2.48. The van der Waals surface area contributed by atoms with Crippen molar-refractivity contribution in [1.82, 2.24) is 5.32 Å². The minimum absolute atomic E-state index is 0.114. The summed E-state index contributed by atoms with van der Waals surface area (Å²) >= 11 is 0. The molecule has 1 saturated heterocycles. The lowest BCUT2D eigenvalue weighted by molar-refractivity contribution is -0.0861. The van der Waals surface area contributed by atoms with Gasteiger partial charge in [0, 0.05) is 12.0 Å². The summed E-state index contributed by atoms with van der Waals surface area (Å²) in [5.41, 5.74) is 0.540. The monoisotopic (exact) mass is 321 g/mol. The summed E-state index contributed by atoms with van der Waals surface area (Å²) < 4.78 is 16.4.